The van der Waals surface area contributed by atoms with Gasteiger partial charge in [0.2, 0.25) is 0 Å². The average Bonchev–Trinajstić information content (AvgIpc) is 2.52. The van der Waals surface area contributed by atoms with Crippen LogP contribution in [0.5, 0.6) is 11.5 Å². The second-order valence-corrected chi connectivity index (χ2v) is 4.43. The van der Waals surface area contributed by atoms with Crippen molar-refractivity contribution in [1.29, 1.82) is 0 Å². The van der Waals surface area contributed by atoms with E-state index in [2.05, 4.69) is 0 Å². The second-order valence-electron chi connectivity index (χ2n) is 4.43. The predicted molar refractivity (Wildman–Crippen MR) is 78.7 cm³/mol. The average molecular weight is 270 g/mol. The third kappa shape index (κ3) is 3.38. The molecule has 104 valence electrons. The SMILES string of the molecule is CCCOc1cccc(C(=O)c2ccc(OC)cc2)c1. The Bertz CT molecular complexity index is 573. The van der Waals surface area contributed by atoms with E-state index in [1.54, 1.807) is 43.5 Å². The Morgan fingerprint density at radius 2 is 1.75 bits per heavy atom. The molecule has 0 N–H and O–H groups in total. The van der Waals surface area contributed by atoms with E-state index in [4.69, 9.17) is 9.47 Å². The van der Waals surface area contributed by atoms with Gasteiger partial charge in [-0.2, -0.15) is 0 Å². The number of ketones is 1. The zero-order chi connectivity index (χ0) is 14.4. The van der Waals surface area contributed by atoms with Crippen LogP contribution in [-0.2, 0) is 0 Å². The van der Waals surface area contributed by atoms with Crippen LogP contribution < -0.4 is 9.47 Å². The van der Waals surface area contributed by atoms with E-state index in [0.29, 0.717) is 17.7 Å². The summed E-state index contributed by atoms with van der Waals surface area (Å²) in [7, 11) is 1.60. The first-order valence-electron chi connectivity index (χ1n) is 6.66. The fraction of sp³-hybridized carbons (Fsp3) is 0.235. The van der Waals surface area contributed by atoms with E-state index in [1.165, 1.54) is 0 Å². The quantitative estimate of drug-likeness (QED) is 0.750. The van der Waals surface area contributed by atoms with E-state index in [9.17, 15) is 4.79 Å². The normalized spacial score (nSPS) is 10.1. The van der Waals surface area contributed by atoms with Gasteiger partial charge in [-0.25, -0.2) is 0 Å². The third-order valence-corrected chi connectivity index (χ3v) is 2.92. The van der Waals surface area contributed by atoms with Crippen LogP contribution in [0.1, 0.15) is 29.3 Å². The van der Waals surface area contributed by atoms with Crippen molar-refractivity contribution in [1.82, 2.24) is 0 Å². The van der Waals surface area contributed by atoms with Crippen molar-refractivity contribution >= 4 is 5.78 Å². The van der Waals surface area contributed by atoms with E-state index < -0.39 is 0 Å². The van der Waals surface area contributed by atoms with Gasteiger partial charge in [0.15, 0.2) is 5.78 Å². The van der Waals surface area contributed by atoms with Crippen molar-refractivity contribution in [3.63, 3.8) is 0 Å². The van der Waals surface area contributed by atoms with Crippen LogP contribution in [-0.4, -0.2) is 19.5 Å². The Balaban J connectivity index is 2.19. The first kappa shape index (κ1) is 14.1. The van der Waals surface area contributed by atoms with Gasteiger partial charge in [-0.1, -0.05) is 19.1 Å². The molecule has 0 amide bonds. The molecule has 0 spiro atoms. The monoisotopic (exact) mass is 270 g/mol. The van der Waals surface area contributed by atoms with Crippen LogP contribution >= 0.6 is 0 Å². The minimum atomic E-state index is -0.0189. The highest BCUT2D eigenvalue weighted by Crippen LogP contribution is 2.18. The van der Waals surface area contributed by atoms with E-state index in [1.807, 2.05) is 19.1 Å². The number of ether oxygens (including phenoxy) is 2. The molecule has 0 aliphatic carbocycles. The van der Waals surface area contributed by atoms with E-state index >= 15 is 0 Å². The summed E-state index contributed by atoms with van der Waals surface area (Å²) in [6, 6.07) is 14.4. The van der Waals surface area contributed by atoms with Gasteiger partial charge in [0.1, 0.15) is 11.5 Å². The third-order valence-electron chi connectivity index (χ3n) is 2.92. The maximum Gasteiger partial charge on any atom is 0.193 e. The summed E-state index contributed by atoms with van der Waals surface area (Å²) in [5.74, 6) is 1.45. The van der Waals surface area contributed by atoms with Gasteiger partial charge in [0.05, 0.1) is 13.7 Å². The molecule has 0 heterocycles. The summed E-state index contributed by atoms with van der Waals surface area (Å²) in [6.45, 7) is 2.70. The molecule has 3 nitrogen and oxygen atoms in total. The first-order chi connectivity index (χ1) is 9.74. The standard InChI is InChI=1S/C17H18O3/c1-3-11-20-16-6-4-5-14(12-16)17(18)13-7-9-15(19-2)10-8-13/h4-10,12H,3,11H2,1-2H3. The summed E-state index contributed by atoms with van der Waals surface area (Å²) in [4.78, 5) is 12.4. The number of hydrogen-bond acceptors (Lipinski definition) is 3. The molecule has 0 saturated heterocycles. The van der Waals surface area contributed by atoms with Crippen molar-refractivity contribution in [2.75, 3.05) is 13.7 Å². The molecule has 0 aliphatic heterocycles. The van der Waals surface area contributed by atoms with Gasteiger partial charge in [-0.15, -0.1) is 0 Å². The van der Waals surface area contributed by atoms with Gasteiger partial charge >= 0.3 is 0 Å². The zero-order valence-electron chi connectivity index (χ0n) is 11.8. The maximum absolute atomic E-state index is 12.4. The van der Waals surface area contributed by atoms with Gasteiger partial charge < -0.3 is 9.47 Å². The lowest BCUT2D eigenvalue weighted by Crippen LogP contribution is -2.02. The summed E-state index contributed by atoms with van der Waals surface area (Å²) in [5, 5.41) is 0. The Hall–Kier alpha value is -2.29. The number of carbonyl (C=O) groups excluding carboxylic acids is 1. The molecule has 2 aromatic carbocycles. The molecule has 0 unspecified atom stereocenters. The van der Waals surface area contributed by atoms with Crippen molar-refractivity contribution < 1.29 is 14.3 Å². The first-order valence-corrected chi connectivity index (χ1v) is 6.66. The molecule has 0 bridgehead atoms. The highest BCUT2D eigenvalue weighted by atomic mass is 16.5. The second kappa shape index (κ2) is 6.75. The molecule has 3 heteroatoms. The summed E-state index contributed by atoms with van der Waals surface area (Å²) in [5.41, 5.74) is 1.27. The van der Waals surface area contributed by atoms with Crippen LogP contribution in [0.2, 0.25) is 0 Å². The number of benzene rings is 2. The van der Waals surface area contributed by atoms with Crippen LogP contribution in [0.3, 0.4) is 0 Å². The van der Waals surface area contributed by atoms with E-state index in [0.717, 1.165) is 17.9 Å². The van der Waals surface area contributed by atoms with Gasteiger partial charge in [-0.3, -0.25) is 4.79 Å². The van der Waals surface area contributed by atoms with Gasteiger partial charge in [0.25, 0.3) is 0 Å². The fourth-order valence-electron chi connectivity index (χ4n) is 1.86. The molecule has 0 atom stereocenters. The minimum Gasteiger partial charge on any atom is -0.497 e. The Morgan fingerprint density at radius 3 is 2.40 bits per heavy atom. The Kier molecular flexibility index (Phi) is 4.77. The van der Waals surface area contributed by atoms with Crippen LogP contribution in [0, 0.1) is 0 Å². The van der Waals surface area contributed by atoms with Gasteiger partial charge in [-0.05, 0) is 42.8 Å². The lowest BCUT2D eigenvalue weighted by atomic mass is 10.0. The molecule has 0 saturated carbocycles. The Labute approximate surface area is 119 Å². The summed E-state index contributed by atoms with van der Waals surface area (Å²) in [6.07, 6.45) is 0.941. The Morgan fingerprint density at radius 1 is 1.00 bits per heavy atom. The molecule has 2 aromatic rings. The molecular formula is C17H18O3. The number of carbonyl (C=O) groups is 1. The smallest absolute Gasteiger partial charge is 0.193 e. The zero-order valence-corrected chi connectivity index (χ0v) is 11.8. The maximum atomic E-state index is 12.4. The van der Waals surface area contributed by atoms with Crippen molar-refractivity contribution in [2.45, 2.75) is 13.3 Å². The topological polar surface area (TPSA) is 35.5 Å². The number of rotatable bonds is 6. The molecule has 0 fully saturated rings. The lowest BCUT2D eigenvalue weighted by Gasteiger charge is -2.07. The highest BCUT2D eigenvalue weighted by Gasteiger charge is 2.10. The largest absolute Gasteiger partial charge is 0.497 e. The fourth-order valence-corrected chi connectivity index (χ4v) is 1.86. The number of methoxy groups -OCH3 is 1. The van der Waals surface area contributed by atoms with Crippen LogP contribution in [0.4, 0.5) is 0 Å². The van der Waals surface area contributed by atoms with Crippen molar-refractivity contribution in [2.24, 2.45) is 0 Å². The van der Waals surface area contributed by atoms with Crippen LogP contribution in [0.15, 0.2) is 48.5 Å². The molecule has 0 aliphatic rings. The minimum absolute atomic E-state index is 0.0189. The molecule has 2 rings (SSSR count). The molecular weight excluding hydrogens is 252 g/mol. The molecule has 0 radical (unpaired) electrons. The van der Waals surface area contributed by atoms with Gasteiger partial charge in [0, 0.05) is 11.1 Å². The van der Waals surface area contributed by atoms with Crippen molar-refractivity contribution in [3.05, 3.63) is 59.7 Å². The van der Waals surface area contributed by atoms with Crippen molar-refractivity contribution in [3.8, 4) is 11.5 Å². The summed E-state index contributed by atoms with van der Waals surface area (Å²) >= 11 is 0. The highest BCUT2D eigenvalue weighted by molar-refractivity contribution is 6.09. The number of hydrogen-bond donors (Lipinski definition) is 0. The molecule has 0 aromatic heterocycles. The summed E-state index contributed by atoms with van der Waals surface area (Å²) < 4.78 is 10.6. The molecule has 20 heavy (non-hydrogen) atoms. The van der Waals surface area contributed by atoms with Crippen LogP contribution in [0.25, 0.3) is 0 Å². The lowest BCUT2D eigenvalue weighted by molar-refractivity contribution is 0.103. The van der Waals surface area contributed by atoms with E-state index in [-0.39, 0.29) is 5.78 Å². The predicted octanol–water partition coefficient (Wildman–Crippen LogP) is 3.72.